The van der Waals surface area contributed by atoms with Gasteiger partial charge in [0.05, 0.1) is 26.8 Å². The van der Waals surface area contributed by atoms with E-state index in [0.717, 1.165) is 33.8 Å². The van der Waals surface area contributed by atoms with Crippen molar-refractivity contribution in [3.63, 3.8) is 0 Å². The Bertz CT molecular complexity index is 2770. The zero-order chi connectivity index (χ0) is 30.9. The maximum absolute atomic E-state index is 5.11. The summed E-state index contributed by atoms with van der Waals surface area (Å²) < 4.78 is 7.35. The highest BCUT2D eigenvalue weighted by Crippen LogP contribution is 2.44. The molecule has 3 aromatic heterocycles. The first kappa shape index (κ1) is 26.3. The van der Waals surface area contributed by atoms with E-state index in [1.54, 1.807) is 0 Å². The number of rotatable bonds is 4. The lowest BCUT2D eigenvalue weighted by atomic mass is 10.0. The summed E-state index contributed by atoms with van der Waals surface area (Å²) in [4.78, 5) is 5.11. The van der Waals surface area contributed by atoms with Gasteiger partial charge in [0, 0.05) is 43.2 Å². The molecule has 0 radical (unpaired) electrons. The fourth-order valence-electron chi connectivity index (χ4n) is 7.18. The monoisotopic (exact) mass is 617 g/mol. The molecule has 10 aromatic rings. The highest BCUT2D eigenvalue weighted by atomic mass is 32.1. The summed E-state index contributed by atoms with van der Waals surface area (Å²) in [6.07, 6.45) is 0. The van der Waals surface area contributed by atoms with Crippen LogP contribution in [0.4, 0.5) is 0 Å². The van der Waals surface area contributed by atoms with Crippen LogP contribution in [0, 0.1) is 0 Å². The van der Waals surface area contributed by atoms with Crippen molar-refractivity contribution in [2.75, 3.05) is 0 Å². The van der Waals surface area contributed by atoms with E-state index in [4.69, 9.17) is 4.98 Å². The smallest absolute Gasteiger partial charge is 0.145 e. The van der Waals surface area contributed by atoms with Crippen LogP contribution >= 0.6 is 11.3 Å². The molecular weight excluding hydrogens is 591 g/mol. The topological polar surface area (TPSA) is 22.8 Å². The number of imidazole rings is 1. The molecule has 220 valence electrons. The predicted molar refractivity (Wildman–Crippen MR) is 199 cm³/mol. The standard InChI is InChI=1S/C43H27N3S/c1-3-11-28(12-4-1)30-21-26-38-36(27-30)34-24-25-35-33-15-7-10-18-40(33)47-42(35)41(34)45(38)32-22-19-29(20-23-32)43-44-37-16-8-9-17-39(37)46(43)31-13-5-2-6-14-31/h1-27H. The molecular formula is C43H27N3S. The Morgan fingerprint density at radius 3 is 1.96 bits per heavy atom. The van der Waals surface area contributed by atoms with Gasteiger partial charge >= 0.3 is 0 Å². The Kier molecular flexibility index (Phi) is 5.74. The third-order valence-electron chi connectivity index (χ3n) is 9.34. The van der Waals surface area contributed by atoms with Crippen molar-refractivity contribution in [2.24, 2.45) is 0 Å². The number of para-hydroxylation sites is 3. The molecule has 4 heteroatoms. The van der Waals surface area contributed by atoms with Gasteiger partial charge in [0.2, 0.25) is 0 Å². The number of hydrogen-bond acceptors (Lipinski definition) is 2. The van der Waals surface area contributed by atoms with Crippen LogP contribution in [0.3, 0.4) is 0 Å². The molecule has 0 aliphatic carbocycles. The molecule has 0 saturated carbocycles. The summed E-state index contributed by atoms with van der Waals surface area (Å²) in [6.45, 7) is 0. The van der Waals surface area contributed by atoms with Gasteiger partial charge in [-0.1, -0.05) is 97.1 Å². The lowest BCUT2D eigenvalue weighted by Crippen LogP contribution is -1.98. The van der Waals surface area contributed by atoms with Crippen LogP contribution in [0.1, 0.15) is 0 Å². The molecule has 0 N–H and O–H groups in total. The maximum atomic E-state index is 5.11. The third kappa shape index (κ3) is 4.02. The van der Waals surface area contributed by atoms with Gasteiger partial charge in [-0.3, -0.25) is 4.57 Å². The number of hydrogen-bond donors (Lipinski definition) is 0. The highest BCUT2D eigenvalue weighted by molar-refractivity contribution is 7.26. The Balaban J connectivity index is 1.22. The largest absolute Gasteiger partial charge is 0.308 e. The second kappa shape index (κ2) is 10.3. The molecule has 0 aliphatic rings. The summed E-state index contributed by atoms with van der Waals surface area (Å²) in [6, 6.07) is 58.8. The number of fused-ring (bicyclic) bond motifs is 8. The fraction of sp³-hybridized carbons (Fsp3) is 0. The first-order chi connectivity index (χ1) is 23.3. The Hall–Kier alpha value is -5.97. The molecule has 0 aliphatic heterocycles. The van der Waals surface area contributed by atoms with Crippen LogP contribution in [-0.2, 0) is 0 Å². The molecule has 0 spiro atoms. The second-order valence-corrected chi connectivity index (χ2v) is 13.1. The minimum atomic E-state index is 0.936. The van der Waals surface area contributed by atoms with E-state index in [0.29, 0.717) is 0 Å². The van der Waals surface area contributed by atoms with Crippen LogP contribution in [0.25, 0.3) is 86.9 Å². The lowest BCUT2D eigenvalue weighted by molar-refractivity contribution is 1.10. The van der Waals surface area contributed by atoms with E-state index in [1.807, 2.05) is 11.3 Å². The van der Waals surface area contributed by atoms with Crippen molar-refractivity contribution in [1.82, 2.24) is 14.1 Å². The summed E-state index contributed by atoms with van der Waals surface area (Å²) in [5.41, 5.74) is 10.3. The fourth-order valence-corrected chi connectivity index (χ4v) is 8.42. The van der Waals surface area contributed by atoms with Crippen LogP contribution < -0.4 is 0 Å². The molecule has 0 fully saturated rings. The van der Waals surface area contributed by atoms with Crippen molar-refractivity contribution in [2.45, 2.75) is 0 Å². The predicted octanol–water partition coefficient (Wildman–Crippen LogP) is 11.8. The minimum absolute atomic E-state index is 0.936. The van der Waals surface area contributed by atoms with E-state index in [2.05, 4.69) is 173 Å². The molecule has 0 amide bonds. The van der Waals surface area contributed by atoms with Crippen molar-refractivity contribution < 1.29 is 0 Å². The lowest BCUT2D eigenvalue weighted by Gasteiger charge is -2.12. The van der Waals surface area contributed by atoms with E-state index >= 15 is 0 Å². The first-order valence-electron chi connectivity index (χ1n) is 15.9. The zero-order valence-electron chi connectivity index (χ0n) is 25.3. The average Bonchev–Trinajstić information content (AvgIpc) is 3.82. The number of benzene rings is 7. The summed E-state index contributed by atoms with van der Waals surface area (Å²) in [7, 11) is 0. The normalized spacial score (nSPS) is 11.8. The Morgan fingerprint density at radius 1 is 0.426 bits per heavy atom. The Morgan fingerprint density at radius 2 is 1.11 bits per heavy atom. The molecule has 3 heterocycles. The van der Waals surface area contributed by atoms with Crippen LogP contribution in [0.5, 0.6) is 0 Å². The van der Waals surface area contributed by atoms with Gasteiger partial charge in [-0.25, -0.2) is 4.98 Å². The SMILES string of the molecule is c1ccc(-c2ccc3c(c2)c2ccc4c5ccccc5sc4c2n3-c2ccc(-c3nc4ccccc4n3-c3ccccc3)cc2)cc1. The van der Waals surface area contributed by atoms with E-state index in [9.17, 15) is 0 Å². The quantitative estimate of drug-likeness (QED) is 0.193. The van der Waals surface area contributed by atoms with Crippen molar-refractivity contribution >= 4 is 64.3 Å². The van der Waals surface area contributed by atoms with Gasteiger partial charge in [0.1, 0.15) is 5.82 Å². The minimum Gasteiger partial charge on any atom is -0.308 e. The molecule has 7 aromatic carbocycles. The molecule has 0 bridgehead atoms. The molecule has 3 nitrogen and oxygen atoms in total. The molecule has 0 atom stereocenters. The number of nitrogens with zero attached hydrogens (tertiary/aromatic N) is 3. The number of aromatic nitrogens is 3. The van der Waals surface area contributed by atoms with Crippen LogP contribution in [0.15, 0.2) is 164 Å². The van der Waals surface area contributed by atoms with E-state index in [-0.39, 0.29) is 0 Å². The third-order valence-corrected chi connectivity index (χ3v) is 10.5. The van der Waals surface area contributed by atoms with Gasteiger partial charge in [-0.15, -0.1) is 11.3 Å². The van der Waals surface area contributed by atoms with E-state index < -0.39 is 0 Å². The van der Waals surface area contributed by atoms with Crippen LogP contribution in [0.2, 0.25) is 0 Å². The Labute approximate surface area is 275 Å². The van der Waals surface area contributed by atoms with Gasteiger partial charge < -0.3 is 4.57 Å². The molecule has 0 saturated heterocycles. The summed E-state index contributed by atoms with van der Waals surface area (Å²) >= 11 is 1.88. The summed E-state index contributed by atoms with van der Waals surface area (Å²) in [5.74, 6) is 0.936. The molecule has 10 rings (SSSR count). The van der Waals surface area contributed by atoms with Gasteiger partial charge in [-0.2, -0.15) is 0 Å². The van der Waals surface area contributed by atoms with Gasteiger partial charge in [-0.05, 0) is 77.9 Å². The van der Waals surface area contributed by atoms with Gasteiger partial charge in [0.15, 0.2) is 0 Å². The van der Waals surface area contributed by atoms with Gasteiger partial charge in [0.25, 0.3) is 0 Å². The number of thiophene rings is 1. The van der Waals surface area contributed by atoms with Crippen molar-refractivity contribution in [3.8, 4) is 33.9 Å². The highest BCUT2D eigenvalue weighted by Gasteiger charge is 2.19. The van der Waals surface area contributed by atoms with Crippen molar-refractivity contribution in [1.29, 1.82) is 0 Å². The van der Waals surface area contributed by atoms with Crippen LogP contribution in [-0.4, -0.2) is 14.1 Å². The van der Waals surface area contributed by atoms with Crippen molar-refractivity contribution in [3.05, 3.63) is 164 Å². The zero-order valence-corrected chi connectivity index (χ0v) is 26.2. The first-order valence-corrected chi connectivity index (χ1v) is 16.7. The second-order valence-electron chi connectivity index (χ2n) is 12.0. The molecule has 47 heavy (non-hydrogen) atoms. The van der Waals surface area contributed by atoms with E-state index in [1.165, 1.54) is 53.1 Å². The average molecular weight is 618 g/mol. The summed E-state index contributed by atoms with van der Waals surface area (Å²) in [5, 5.41) is 5.15. The maximum Gasteiger partial charge on any atom is 0.145 e. The molecule has 0 unspecified atom stereocenters.